The minimum atomic E-state index is -0.439. The molecule has 3 aliphatic rings. The summed E-state index contributed by atoms with van der Waals surface area (Å²) in [7, 11) is 0. The van der Waals surface area contributed by atoms with Gasteiger partial charge in [-0.3, -0.25) is 9.59 Å². The first kappa shape index (κ1) is 20.6. The van der Waals surface area contributed by atoms with E-state index in [1.54, 1.807) is 0 Å². The highest BCUT2D eigenvalue weighted by Crippen LogP contribution is 2.36. The minimum absolute atomic E-state index is 0.0173. The predicted molar refractivity (Wildman–Crippen MR) is 116 cm³/mol. The van der Waals surface area contributed by atoms with Gasteiger partial charge in [-0.1, -0.05) is 50.5 Å². The Labute approximate surface area is 175 Å². The third-order valence-corrected chi connectivity index (χ3v) is 7.55. The zero-order chi connectivity index (χ0) is 20.4. The second-order valence-electron chi connectivity index (χ2n) is 9.73. The summed E-state index contributed by atoms with van der Waals surface area (Å²) < 4.78 is 0. The van der Waals surface area contributed by atoms with Crippen molar-refractivity contribution < 1.29 is 9.59 Å². The maximum atomic E-state index is 13.3. The highest BCUT2D eigenvalue weighted by molar-refractivity contribution is 5.92. The van der Waals surface area contributed by atoms with Crippen LogP contribution >= 0.6 is 0 Å². The topological polar surface area (TPSA) is 63.4 Å². The van der Waals surface area contributed by atoms with E-state index >= 15 is 0 Å². The van der Waals surface area contributed by atoms with Gasteiger partial charge in [0.15, 0.2) is 5.78 Å². The molecule has 158 valence electrons. The quantitative estimate of drug-likeness (QED) is 0.811. The van der Waals surface area contributed by atoms with Gasteiger partial charge in [0.2, 0.25) is 5.91 Å². The molecule has 4 rings (SSSR count). The van der Waals surface area contributed by atoms with Gasteiger partial charge in [0.05, 0.1) is 12.1 Å². The summed E-state index contributed by atoms with van der Waals surface area (Å²) in [5, 5.41) is 0. The lowest BCUT2D eigenvalue weighted by Gasteiger charge is -2.33. The molecule has 1 saturated carbocycles. The highest BCUT2D eigenvalue weighted by Gasteiger charge is 2.41. The zero-order valence-electron chi connectivity index (χ0n) is 17.8. The van der Waals surface area contributed by atoms with Crippen LogP contribution < -0.4 is 5.73 Å². The number of likely N-dealkylation sites (tertiary alicyclic amines) is 1. The lowest BCUT2D eigenvalue weighted by Crippen LogP contribution is -2.51. The molecule has 4 atom stereocenters. The predicted octanol–water partition coefficient (Wildman–Crippen LogP) is 4.21. The van der Waals surface area contributed by atoms with Crippen molar-refractivity contribution in [2.24, 2.45) is 17.6 Å². The van der Waals surface area contributed by atoms with Crippen LogP contribution in [0.1, 0.15) is 81.8 Å². The van der Waals surface area contributed by atoms with E-state index in [4.69, 9.17) is 5.73 Å². The van der Waals surface area contributed by atoms with Gasteiger partial charge in [-0.2, -0.15) is 0 Å². The summed E-state index contributed by atoms with van der Waals surface area (Å²) in [6.07, 6.45) is 10.4. The monoisotopic (exact) mass is 396 g/mol. The Kier molecular flexibility index (Phi) is 6.38. The van der Waals surface area contributed by atoms with Gasteiger partial charge in [-0.05, 0) is 67.4 Å². The van der Waals surface area contributed by atoms with E-state index in [-0.39, 0.29) is 23.7 Å². The molecular weight excluding hydrogens is 360 g/mol. The first-order valence-electron chi connectivity index (χ1n) is 11.7. The number of amides is 1. The van der Waals surface area contributed by atoms with E-state index in [2.05, 4.69) is 31.2 Å². The number of carbonyl (C=O) groups is 2. The number of Topliss-reactive ketones (excluding diaryl/α,β-unsaturated/α-hetero) is 1. The number of ketones is 1. The number of carbonyl (C=O) groups excluding carboxylic acids is 2. The van der Waals surface area contributed by atoms with Crippen molar-refractivity contribution in [3.63, 3.8) is 0 Å². The van der Waals surface area contributed by atoms with E-state index in [1.807, 2.05) is 4.90 Å². The number of hydrogen-bond acceptors (Lipinski definition) is 3. The number of benzene rings is 1. The van der Waals surface area contributed by atoms with Gasteiger partial charge in [0.1, 0.15) is 0 Å². The molecule has 0 unspecified atom stereocenters. The van der Waals surface area contributed by atoms with Crippen LogP contribution in [0.5, 0.6) is 0 Å². The molecule has 1 amide bonds. The standard InChI is InChI=1S/C25H36N2O2/c1-17-14-22(27(16-17)25(29)24(26)19-9-3-2-4-10-19)23(28)15-20-12-7-11-18-8-5-6-13-21(18)20/h5-6,8,13,17,19-20,22,24H,2-4,7,9-12,14-16,26H2,1H3/t17-,20-,22-,24-/m0/s1. The van der Waals surface area contributed by atoms with Gasteiger partial charge >= 0.3 is 0 Å². The van der Waals surface area contributed by atoms with Crippen LogP contribution in [0.4, 0.5) is 0 Å². The Morgan fingerprint density at radius 1 is 1.10 bits per heavy atom. The molecular formula is C25H36N2O2. The summed E-state index contributed by atoms with van der Waals surface area (Å²) >= 11 is 0. The summed E-state index contributed by atoms with van der Waals surface area (Å²) in [5.41, 5.74) is 9.16. The fraction of sp³-hybridized carbons (Fsp3) is 0.680. The van der Waals surface area contributed by atoms with Crippen molar-refractivity contribution in [2.75, 3.05) is 6.54 Å². The molecule has 1 aromatic carbocycles. The maximum absolute atomic E-state index is 13.3. The first-order chi connectivity index (χ1) is 14.0. The SMILES string of the molecule is C[C@H]1C[C@@H](C(=O)C[C@@H]2CCCc3ccccc32)N(C(=O)[C@@H](N)C2CCCCC2)C1. The second-order valence-corrected chi connectivity index (χ2v) is 9.73. The lowest BCUT2D eigenvalue weighted by atomic mass is 9.79. The summed E-state index contributed by atoms with van der Waals surface area (Å²) in [4.78, 5) is 28.4. The lowest BCUT2D eigenvalue weighted by molar-refractivity contribution is -0.140. The molecule has 2 aliphatic carbocycles. The Balaban J connectivity index is 1.45. The van der Waals surface area contributed by atoms with Gasteiger partial charge in [-0.15, -0.1) is 0 Å². The van der Waals surface area contributed by atoms with E-state index in [0.717, 1.165) is 38.5 Å². The zero-order valence-corrected chi connectivity index (χ0v) is 17.8. The molecule has 0 aromatic heterocycles. The third kappa shape index (κ3) is 4.42. The molecule has 0 spiro atoms. The summed E-state index contributed by atoms with van der Waals surface area (Å²) in [5.74, 6) is 1.20. The molecule has 4 nitrogen and oxygen atoms in total. The number of rotatable bonds is 5. The van der Waals surface area contributed by atoms with Crippen LogP contribution in [-0.4, -0.2) is 35.2 Å². The summed E-state index contributed by atoms with van der Waals surface area (Å²) in [6.45, 7) is 2.83. The molecule has 1 aromatic rings. The number of fused-ring (bicyclic) bond motifs is 1. The minimum Gasteiger partial charge on any atom is -0.331 e. The Morgan fingerprint density at radius 3 is 2.66 bits per heavy atom. The molecule has 0 bridgehead atoms. The molecule has 1 heterocycles. The van der Waals surface area contributed by atoms with Crippen LogP contribution in [0.15, 0.2) is 24.3 Å². The third-order valence-electron chi connectivity index (χ3n) is 7.55. The van der Waals surface area contributed by atoms with E-state index < -0.39 is 6.04 Å². The van der Waals surface area contributed by atoms with Gasteiger partial charge in [-0.25, -0.2) is 0 Å². The van der Waals surface area contributed by atoms with E-state index in [0.29, 0.717) is 24.8 Å². The van der Waals surface area contributed by atoms with Crippen LogP contribution in [0.25, 0.3) is 0 Å². The Bertz CT molecular complexity index is 740. The normalized spacial score (nSPS) is 28.8. The van der Waals surface area contributed by atoms with Crippen molar-refractivity contribution in [1.29, 1.82) is 0 Å². The van der Waals surface area contributed by atoms with Crippen LogP contribution in [-0.2, 0) is 16.0 Å². The van der Waals surface area contributed by atoms with Gasteiger partial charge < -0.3 is 10.6 Å². The van der Waals surface area contributed by atoms with E-state index in [9.17, 15) is 9.59 Å². The Hall–Kier alpha value is -1.68. The van der Waals surface area contributed by atoms with Crippen molar-refractivity contribution in [3.05, 3.63) is 35.4 Å². The van der Waals surface area contributed by atoms with Gasteiger partial charge in [0.25, 0.3) is 0 Å². The fourth-order valence-corrected chi connectivity index (χ4v) is 5.93. The van der Waals surface area contributed by atoms with Crippen LogP contribution in [0.2, 0.25) is 0 Å². The number of aryl methyl sites for hydroxylation is 1. The van der Waals surface area contributed by atoms with Crippen molar-refractivity contribution in [1.82, 2.24) is 4.90 Å². The fourth-order valence-electron chi connectivity index (χ4n) is 5.93. The molecule has 2 fully saturated rings. The molecule has 1 saturated heterocycles. The second kappa shape index (κ2) is 8.99. The van der Waals surface area contributed by atoms with Crippen LogP contribution in [0, 0.1) is 11.8 Å². The molecule has 4 heteroatoms. The van der Waals surface area contributed by atoms with Crippen molar-refractivity contribution >= 4 is 11.7 Å². The molecule has 2 N–H and O–H groups in total. The van der Waals surface area contributed by atoms with Gasteiger partial charge in [0, 0.05) is 13.0 Å². The van der Waals surface area contributed by atoms with E-state index in [1.165, 1.54) is 30.4 Å². The maximum Gasteiger partial charge on any atom is 0.240 e. The number of nitrogens with two attached hydrogens (primary N) is 1. The smallest absolute Gasteiger partial charge is 0.240 e. The average Bonchev–Trinajstić information content (AvgIpc) is 3.15. The highest BCUT2D eigenvalue weighted by atomic mass is 16.2. The largest absolute Gasteiger partial charge is 0.331 e. The number of hydrogen-bond donors (Lipinski definition) is 1. The van der Waals surface area contributed by atoms with Crippen LogP contribution in [0.3, 0.4) is 0 Å². The molecule has 0 radical (unpaired) electrons. The molecule has 29 heavy (non-hydrogen) atoms. The van der Waals surface area contributed by atoms with Crippen molar-refractivity contribution in [3.8, 4) is 0 Å². The van der Waals surface area contributed by atoms with Crippen molar-refractivity contribution in [2.45, 2.75) is 89.1 Å². The first-order valence-corrected chi connectivity index (χ1v) is 11.7. The average molecular weight is 397 g/mol. The Morgan fingerprint density at radius 2 is 1.86 bits per heavy atom. The number of nitrogens with zero attached hydrogens (tertiary/aromatic N) is 1. The molecule has 1 aliphatic heterocycles. The summed E-state index contributed by atoms with van der Waals surface area (Å²) in [6, 6.07) is 7.84.